The first-order valence-corrected chi connectivity index (χ1v) is 2.05. The van der Waals surface area contributed by atoms with Crippen LogP contribution in [-0.4, -0.2) is 18.6 Å². The highest BCUT2D eigenvalue weighted by atomic mass is 35.5. The molecular formula is C3H11Cl2N3O2. The first-order chi connectivity index (χ1) is 3.68. The van der Waals surface area contributed by atoms with E-state index in [0.29, 0.717) is 0 Å². The Kier molecular flexibility index (Phi) is 14.7. The van der Waals surface area contributed by atoms with Gasteiger partial charge in [0.2, 0.25) is 5.91 Å². The summed E-state index contributed by atoms with van der Waals surface area (Å²) in [7, 11) is 0. The molecular weight excluding hydrogens is 181 g/mol. The van der Waals surface area contributed by atoms with E-state index in [4.69, 9.17) is 11.5 Å². The van der Waals surface area contributed by atoms with Crippen molar-refractivity contribution in [3.8, 4) is 0 Å². The van der Waals surface area contributed by atoms with Crippen molar-refractivity contribution in [3.05, 3.63) is 0 Å². The van der Waals surface area contributed by atoms with Crippen LogP contribution in [0.15, 0.2) is 0 Å². The fourth-order valence-corrected chi connectivity index (χ4v) is 0.186. The van der Waals surface area contributed by atoms with E-state index >= 15 is 0 Å². The van der Waals surface area contributed by atoms with Crippen molar-refractivity contribution in [1.82, 2.24) is 0 Å². The van der Waals surface area contributed by atoms with E-state index in [9.17, 15) is 4.79 Å². The Bertz CT molecular complexity index is 91.8. The first kappa shape index (κ1) is 16.5. The summed E-state index contributed by atoms with van der Waals surface area (Å²) in [6.45, 7) is -0.0324. The molecule has 64 valence electrons. The monoisotopic (exact) mass is 191 g/mol. The predicted molar refractivity (Wildman–Crippen MR) is 41.8 cm³/mol. The summed E-state index contributed by atoms with van der Waals surface area (Å²) in [6, 6.07) is -0.792. The topological polar surface area (TPSA) is 104 Å². The van der Waals surface area contributed by atoms with Gasteiger partial charge in [0.1, 0.15) is 6.04 Å². The molecule has 0 spiro atoms. The van der Waals surface area contributed by atoms with Crippen LogP contribution < -0.4 is 17.4 Å². The number of amides is 1. The number of primary amides is 1. The second kappa shape index (κ2) is 8.93. The van der Waals surface area contributed by atoms with E-state index < -0.39 is 11.9 Å². The van der Waals surface area contributed by atoms with Gasteiger partial charge in [-0.05, 0) is 0 Å². The molecule has 0 saturated carbocycles. The molecule has 0 saturated heterocycles. The van der Waals surface area contributed by atoms with E-state index in [2.05, 4.69) is 10.7 Å². The first-order valence-electron chi connectivity index (χ1n) is 2.05. The lowest BCUT2D eigenvalue weighted by Gasteiger charge is -2.02. The Morgan fingerprint density at radius 3 is 2.00 bits per heavy atom. The normalized spacial score (nSPS) is 10.6. The summed E-state index contributed by atoms with van der Waals surface area (Å²) in [5.74, 6) is 3.96. The van der Waals surface area contributed by atoms with Crippen molar-refractivity contribution >= 4 is 30.7 Å². The summed E-state index contributed by atoms with van der Waals surface area (Å²) < 4.78 is 0. The van der Waals surface area contributed by atoms with Gasteiger partial charge in [0.25, 0.3) is 0 Å². The number of nitrogens with two attached hydrogens (primary N) is 3. The summed E-state index contributed by atoms with van der Waals surface area (Å²) in [5, 5.41) is 0. The van der Waals surface area contributed by atoms with Gasteiger partial charge in [-0.25, -0.2) is 5.90 Å². The third-order valence-corrected chi connectivity index (χ3v) is 0.641. The van der Waals surface area contributed by atoms with Gasteiger partial charge >= 0.3 is 0 Å². The van der Waals surface area contributed by atoms with Gasteiger partial charge in [0, 0.05) is 0 Å². The lowest BCUT2D eigenvalue weighted by molar-refractivity contribution is -0.120. The van der Waals surface area contributed by atoms with E-state index in [1.54, 1.807) is 0 Å². The lowest BCUT2D eigenvalue weighted by Crippen LogP contribution is -2.40. The number of carbonyl (C=O) groups is 1. The zero-order valence-corrected chi connectivity index (χ0v) is 6.78. The Labute approximate surface area is 71.0 Å². The molecule has 0 aromatic carbocycles. The van der Waals surface area contributed by atoms with Gasteiger partial charge in [-0.1, -0.05) is 0 Å². The second-order valence-electron chi connectivity index (χ2n) is 1.34. The van der Waals surface area contributed by atoms with Crippen LogP contribution in [0, 0.1) is 0 Å². The molecule has 0 aliphatic carbocycles. The predicted octanol–water partition coefficient (Wildman–Crippen LogP) is -1.47. The highest BCUT2D eigenvalue weighted by Gasteiger charge is 2.06. The molecule has 1 amide bonds. The van der Waals surface area contributed by atoms with Gasteiger partial charge in [-0.3, -0.25) is 4.79 Å². The maximum Gasteiger partial charge on any atom is 0.236 e. The molecule has 0 rings (SSSR count). The Morgan fingerprint density at radius 2 is 1.90 bits per heavy atom. The summed E-state index contributed by atoms with van der Waals surface area (Å²) in [4.78, 5) is 14.1. The third kappa shape index (κ3) is 7.93. The van der Waals surface area contributed by atoms with Crippen LogP contribution in [0.25, 0.3) is 0 Å². The number of halogens is 2. The molecule has 0 aromatic rings. The highest BCUT2D eigenvalue weighted by molar-refractivity contribution is 5.85. The smallest absolute Gasteiger partial charge is 0.236 e. The molecule has 0 aliphatic rings. The minimum atomic E-state index is -0.792. The average molecular weight is 192 g/mol. The van der Waals surface area contributed by atoms with E-state index in [1.165, 1.54) is 0 Å². The quantitative estimate of drug-likeness (QED) is 0.475. The molecule has 10 heavy (non-hydrogen) atoms. The molecule has 1 atom stereocenters. The fourth-order valence-electron chi connectivity index (χ4n) is 0.186. The summed E-state index contributed by atoms with van der Waals surface area (Å²) in [5.41, 5.74) is 9.77. The van der Waals surface area contributed by atoms with Crippen molar-refractivity contribution in [1.29, 1.82) is 0 Å². The van der Waals surface area contributed by atoms with Crippen LogP contribution in [-0.2, 0) is 9.63 Å². The lowest BCUT2D eigenvalue weighted by atomic mass is 10.3. The molecule has 0 unspecified atom stereocenters. The number of rotatable bonds is 3. The van der Waals surface area contributed by atoms with Crippen LogP contribution >= 0.6 is 24.8 Å². The van der Waals surface area contributed by atoms with Crippen molar-refractivity contribution in [3.63, 3.8) is 0 Å². The summed E-state index contributed by atoms with van der Waals surface area (Å²) in [6.07, 6.45) is 0. The molecule has 0 bridgehead atoms. The largest absolute Gasteiger partial charge is 0.368 e. The molecule has 0 heterocycles. The fraction of sp³-hybridized carbons (Fsp3) is 0.667. The van der Waals surface area contributed by atoms with Crippen LogP contribution in [0.3, 0.4) is 0 Å². The molecule has 5 nitrogen and oxygen atoms in total. The minimum Gasteiger partial charge on any atom is -0.368 e. The average Bonchev–Trinajstić information content (AvgIpc) is 1.67. The zero-order chi connectivity index (χ0) is 6.57. The third-order valence-electron chi connectivity index (χ3n) is 0.641. The molecule has 0 aliphatic heterocycles. The van der Waals surface area contributed by atoms with E-state index in [-0.39, 0.29) is 31.4 Å². The van der Waals surface area contributed by atoms with Crippen molar-refractivity contribution < 1.29 is 9.63 Å². The van der Waals surface area contributed by atoms with Crippen LogP contribution in [0.1, 0.15) is 0 Å². The van der Waals surface area contributed by atoms with Crippen LogP contribution in [0.5, 0.6) is 0 Å². The Hall–Kier alpha value is -0.0700. The number of hydrogen-bond acceptors (Lipinski definition) is 4. The van der Waals surface area contributed by atoms with Gasteiger partial charge in [0.15, 0.2) is 0 Å². The van der Waals surface area contributed by atoms with Crippen molar-refractivity contribution in [2.75, 3.05) is 6.61 Å². The van der Waals surface area contributed by atoms with Gasteiger partial charge in [-0.15, -0.1) is 24.8 Å². The zero-order valence-electron chi connectivity index (χ0n) is 5.15. The minimum absolute atomic E-state index is 0. The molecule has 0 aromatic heterocycles. The summed E-state index contributed by atoms with van der Waals surface area (Å²) >= 11 is 0. The SMILES string of the molecule is Cl.Cl.NOC[C@H](N)C(N)=O. The molecule has 7 heteroatoms. The van der Waals surface area contributed by atoms with Gasteiger partial charge in [-0.2, -0.15) is 0 Å². The van der Waals surface area contributed by atoms with E-state index in [0.717, 1.165) is 0 Å². The van der Waals surface area contributed by atoms with Gasteiger partial charge < -0.3 is 16.3 Å². The number of hydrogen-bond donors (Lipinski definition) is 3. The molecule has 0 fully saturated rings. The van der Waals surface area contributed by atoms with Gasteiger partial charge in [0.05, 0.1) is 6.61 Å². The maximum absolute atomic E-state index is 10.1. The van der Waals surface area contributed by atoms with Crippen LogP contribution in [0.4, 0.5) is 0 Å². The highest BCUT2D eigenvalue weighted by Crippen LogP contribution is 1.72. The second-order valence-corrected chi connectivity index (χ2v) is 1.34. The maximum atomic E-state index is 10.1. The van der Waals surface area contributed by atoms with E-state index in [1.807, 2.05) is 0 Å². The Morgan fingerprint density at radius 1 is 1.50 bits per heavy atom. The van der Waals surface area contributed by atoms with Crippen LogP contribution in [0.2, 0.25) is 0 Å². The molecule has 6 N–H and O–H groups in total. The standard InChI is InChI=1S/C3H9N3O2.2ClH/c4-2(1-8-6)3(5)7;;/h2H,1,4,6H2,(H2,5,7);2*1H/t2-;;/m0../s1. The number of carbonyl (C=O) groups excluding carboxylic acids is 1. The molecule has 0 radical (unpaired) electrons. The Balaban J connectivity index is -0.000000245. The van der Waals surface area contributed by atoms with Crippen molar-refractivity contribution in [2.24, 2.45) is 17.4 Å². The van der Waals surface area contributed by atoms with Crippen molar-refractivity contribution in [2.45, 2.75) is 6.04 Å².